The van der Waals surface area contributed by atoms with Gasteiger partial charge in [0, 0.05) is 5.56 Å². The Bertz CT molecular complexity index is 574. The zero-order valence-corrected chi connectivity index (χ0v) is 11.5. The molecule has 0 N–H and O–H groups in total. The van der Waals surface area contributed by atoms with Crippen molar-refractivity contribution in [2.45, 2.75) is 26.2 Å². The van der Waals surface area contributed by atoms with Crippen molar-refractivity contribution in [1.29, 1.82) is 0 Å². The van der Waals surface area contributed by atoms with Gasteiger partial charge >= 0.3 is 0 Å². The largest absolute Gasteiger partial charge is 0.203 e. The third-order valence-electron chi connectivity index (χ3n) is 3.94. The van der Waals surface area contributed by atoms with E-state index in [0.717, 1.165) is 18.4 Å². The zero-order valence-electron chi connectivity index (χ0n) is 11.5. The van der Waals surface area contributed by atoms with Gasteiger partial charge in [-0.05, 0) is 31.1 Å². The summed E-state index contributed by atoms with van der Waals surface area (Å²) in [6.45, 7) is 5.54. The monoisotopic (exact) mass is 302 g/mol. The first-order valence-electron chi connectivity index (χ1n) is 6.69. The first-order valence-corrected chi connectivity index (χ1v) is 6.69. The summed E-state index contributed by atoms with van der Waals surface area (Å²) in [7, 11) is 0. The van der Waals surface area contributed by atoms with Crippen LogP contribution in [-0.2, 0) is 6.42 Å². The van der Waals surface area contributed by atoms with E-state index in [1.54, 1.807) is 6.92 Å². The summed E-state index contributed by atoms with van der Waals surface area (Å²) in [5.74, 6) is -9.56. The fourth-order valence-corrected chi connectivity index (χ4v) is 2.57. The predicted octanol–water partition coefficient (Wildman–Crippen LogP) is 5.08. The normalized spacial score (nSPS) is 19.9. The molecular formula is C16H15F5. The van der Waals surface area contributed by atoms with Crippen molar-refractivity contribution in [3.8, 4) is 0 Å². The van der Waals surface area contributed by atoms with Gasteiger partial charge in [0.25, 0.3) is 0 Å². The maximum Gasteiger partial charge on any atom is 0.200 e. The van der Waals surface area contributed by atoms with E-state index in [1.807, 2.05) is 12.2 Å². The van der Waals surface area contributed by atoms with Crippen LogP contribution in [0.4, 0.5) is 22.0 Å². The molecule has 0 heterocycles. The van der Waals surface area contributed by atoms with Crippen LogP contribution >= 0.6 is 0 Å². The van der Waals surface area contributed by atoms with Crippen LogP contribution in [0.1, 0.15) is 25.3 Å². The van der Waals surface area contributed by atoms with Crippen LogP contribution in [0.25, 0.3) is 0 Å². The Morgan fingerprint density at radius 3 is 2.05 bits per heavy atom. The minimum Gasteiger partial charge on any atom is -0.203 e. The summed E-state index contributed by atoms with van der Waals surface area (Å²) < 4.78 is 66.6. The van der Waals surface area contributed by atoms with E-state index in [4.69, 9.17) is 0 Å². The molecule has 2 unspecified atom stereocenters. The molecule has 5 heteroatoms. The highest BCUT2D eigenvalue weighted by molar-refractivity contribution is 5.25. The van der Waals surface area contributed by atoms with Gasteiger partial charge in [-0.2, -0.15) is 0 Å². The van der Waals surface area contributed by atoms with Gasteiger partial charge in [0.2, 0.25) is 5.82 Å². The summed E-state index contributed by atoms with van der Waals surface area (Å²) in [6, 6.07) is 0. The SMILES string of the molecule is C=C1C=CC(C(C)Cc2c(F)c(F)c(F)c(F)c2F)CC1. The van der Waals surface area contributed by atoms with Crippen molar-refractivity contribution >= 4 is 0 Å². The molecule has 0 spiro atoms. The van der Waals surface area contributed by atoms with Crippen LogP contribution in [0.3, 0.4) is 0 Å². The van der Waals surface area contributed by atoms with Crippen LogP contribution in [-0.4, -0.2) is 0 Å². The zero-order chi connectivity index (χ0) is 15.7. The average Bonchev–Trinajstić information content (AvgIpc) is 2.48. The second-order valence-electron chi connectivity index (χ2n) is 5.45. The molecule has 1 aromatic carbocycles. The average molecular weight is 302 g/mol. The highest BCUT2D eigenvalue weighted by Crippen LogP contribution is 2.31. The van der Waals surface area contributed by atoms with Crippen molar-refractivity contribution in [2.75, 3.05) is 0 Å². The van der Waals surface area contributed by atoms with Gasteiger partial charge < -0.3 is 0 Å². The van der Waals surface area contributed by atoms with E-state index in [9.17, 15) is 22.0 Å². The van der Waals surface area contributed by atoms with Crippen LogP contribution < -0.4 is 0 Å². The van der Waals surface area contributed by atoms with Gasteiger partial charge in [0.1, 0.15) is 0 Å². The first kappa shape index (κ1) is 15.7. The van der Waals surface area contributed by atoms with Crippen LogP contribution in [0.15, 0.2) is 24.3 Å². The Morgan fingerprint density at radius 2 is 1.57 bits per heavy atom. The molecule has 0 fully saturated rings. The third kappa shape index (κ3) is 3.01. The first-order chi connectivity index (χ1) is 9.82. The molecule has 21 heavy (non-hydrogen) atoms. The van der Waals surface area contributed by atoms with Crippen molar-refractivity contribution < 1.29 is 22.0 Å². The smallest absolute Gasteiger partial charge is 0.200 e. The van der Waals surface area contributed by atoms with Crippen LogP contribution in [0.5, 0.6) is 0 Å². The number of halogens is 5. The minimum atomic E-state index is -2.12. The van der Waals surface area contributed by atoms with E-state index in [-0.39, 0.29) is 18.3 Å². The van der Waals surface area contributed by atoms with Crippen molar-refractivity contribution in [3.63, 3.8) is 0 Å². The molecule has 1 aliphatic carbocycles. The number of rotatable bonds is 3. The molecule has 2 atom stereocenters. The lowest BCUT2D eigenvalue weighted by atomic mass is 9.81. The Kier molecular flexibility index (Phi) is 4.49. The predicted molar refractivity (Wildman–Crippen MR) is 70.1 cm³/mol. The highest BCUT2D eigenvalue weighted by Gasteiger charge is 2.28. The number of allylic oxidation sites excluding steroid dienone is 3. The molecule has 1 aliphatic rings. The topological polar surface area (TPSA) is 0 Å². The second-order valence-corrected chi connectivity index (χ2v) is 5.45. The van der Waals surface area contributed by atoms with Gasteiger partial charge in [-0.15, -0.1) is 0 Å². The van der Waals surface area contributed by atoms with Crippen molar-refractivity contribution in [3.05, 3.63) is 59.0 Å². The molecule has 0 bridgehead atoms. The van der Waals surface area contributed by atoms with Gasteiger partial charge in [0.05, 0.1) is 0 Å². The van der Waals surface area contributed by atoms with Crippen molar-refractivity contribution in [2.24, 2.45) is 11.8 Å². The fraction of sp³-hybridized carbons (Fsp3) is 0.375. The van der Waals surface area contributed by atoms with E-state index >= 15 is 0 Å². The summed E-state index contributed by atoms with van der Waals surface area (Å²) in [4.78, 5) is 0. The molecule has 0 aromatic heterocycles. The van der Waals surface area contributed by atoms with Crippen molar-refractivity contribution in [1.82, 2.24) is 0 Å². The number of benzene rings is 1. The molecule has 0 aliphatic heterocycles. The molecule has 0 radical (unpaired) electrons. The summed E-state index contributed by atoms with van der Waals surface area (Å²) >= 11 is 0. The Morgan fingerprint density at radius 1 is 1.05 bits per heavy atom. The summed E-state index contributed by atoms with van der Waals surface area (Å²) in [5, 5.41) is 0. The Hall–Kier alpha value is -1.65. The Balaban J connectivity index is 2.28. The molecule has 0 nitrogen and oxygen atoms in total. The number of hydrogen-bond donors (Lipinski definition) is 0. The molecule has 114 valence electrons. The summed E-state index contributed by atoms with van der Waals surface area (Å²) in [5.41, 5.74) is 0.228. The van der Waals surface area contributed by atoms with Gasteiger partial charge in [0.15, 0.2) is 23.3 Å². The molecule has 0 amide bonds. The quantitative estimate of drug-likeness (QED) is 0.415. The minimum absolute atomic E-state index is 0.0328. The summed E-state index contributed by atoms with van der Waals surface area (Å²) in [6.07, 6.45) is 5.04. The third-order valence-corrected chi connectivity index (χ3v) is 3.94. The second kappa shape index (κ2) is 6.00. The van der Waals surface area contributed by atoms with Gasteiger partial charge in [-0.3, -0.25) is 0 Å². The standard InChI is InChI=1S/C16H15F5/c1-8-3-5-10(6-4-8)9(2)7-11-12(17)14(19)16(21)15(20)13(11)18/h3,5,9-10H,1,4,6-7H2,2H3. The molecule has 1 aromatic rings. The number of hydrogen-bond acceptors (Lipinski definition) is 0. The molecule has 0 saturated carbocycles. The lowest BCUT2D eigenvalue weighted by molar-refractivity contribution is 0.347. The molecule has 0 saturated heterocycles. The van der Waals surface area contributed by atoms with E-state index in [1.165, 1.54) is 0 Å². The van der Waals surface area contributed by atoms with Gasteiger partial charge in [-0.1, -0.05) is 31.2 Å². The highest BCUT2D eigenvalue weighted by atomic mass is 19.2. The lowest BCUT2D eigenvalue weighted by Crippen LogP contribution is -2.17. The lowest BCUT2D eigenvalue weighted by Gasteiger charge is -2.24. The maximum atomic E-state index is 13.6. The van der Waals surface area contributed by atoms with Crippen LogP contribution in [0, 0.1) is 40.9 Å². The van der Waals surface area contributed by atoms with E-state index in [2.05, 4.69) is 6.58 Å². The fourth-order valence-electron chi connectivity index (χ4n) is 2.57. The van der Waals surface area contributed by atoms with Gasteiger partial charge in [-0.25, -0.2) is 22.0 Å². The van der Waals surface area contributed by atoms with Crippen LogP contribution in [0.2, 0.25) is 0 Å². The Labute approximate surface area is 120 Å². The maximum absolute atomic E-state index is 13.6. The molecular weight excluding hydrogens is 287 g/mol. The van der Waals surface area contributed by atoms with E-state index < -0.39 is 34.6 Å². The molecule has 2 rings (SSSR count). The van der Waals surface area contributed by atoms with E-state index in [0.29, 0.717) is 0 Å².